The third-order valence-corrected chi connectivity index (χ3v) is 5.05. The van der Waals surface area contributed by atoms with Crippen molar-refractivity contribution in [2.75, 3.05) is 0 Å². The first-order valence-corrected chi connectivity index (χ1v) is 9.26. The largest absolute Gasteiger partial charge is 0.489 e. The lowest BCUT2D eigenvalue weighted by molar-refractivity contribution is -0.0893. The van der Waals surface area contributed by atoms with Gasteiger partial charge in [-0.25, -0.2) is 0 Å². The Morgan fingerprint density at radius 3 is 2.23 bits per heavy atom. The van der Waals surface area contributed by atoms with Gasteiger partial charge in [0, 0.05) is 0 Å². The molecule has 26 heavy (non-hydrogen) atoms. The van der Waals surface area contributed by atoms with Crippen LogP contribution in [0.15, 0.2) is 48.5 Å². The molecule has 3 nitrogen and oxygen atoms in total. The van der Waals surface area contributed by atoms with E-state index in [1.165, 1.54) is 5.56 Å². The molecule has 0 spiro atoms. The third-order valence-electron chi connectivity index (χ3n) is 5.05. The lowest BCUT2D eigenvalue weighted by Gasteiger charge is -2.37. The van der Waals surface area contributed by atoms with Crippen molar-refractivity contribution in [1.29, 1.82) is 0 Å². The molecule has 2 aromatic rings. The number of benzene rings is 2. The summed E-state index contributed by atoms with van der Waals surface area (Å²) in [6.45, 7) is 12.3. The molecule has 0 aliphatic rings. The van der Waals surface area contributed by atoms with Gasteiger partial charge in [-0.05, 0) is 62.3 Å². The van der Waals surface area contributed by atoms with Gasteiger partial charge in [0.2, 0.25) is 0 Å². The van der Waals surface area contributed by atoms with Crippen molar-refractivity contribution >= 4 is 12.9 Å². The molecule has 4 heteroatoms. The second-order valence-corrected chi connectivity index (χ2v) is 8.15. The monoisotopic (exact) mass is 354 g/mol. The Kier molecular flexibility index (Phi) is 6.54. The van der Waals surface area contributed by atoms with Crippen LogP contribution in [0, 0.1) is 0 Å². The molecule has 0 fully saturated rings. The van der Waals surface area contributed by atoms with E-state index in [4.69, 9.17) is 9.39 Å². The maximum absolute atomic E-state index is 10.3. The number of rotatable bonds is 8. The van der Waals surface area contributed by atoms with Gasteiger partial charge in [-0.2, -0.15) is 0 Å². The van der Waals surface area contributed by atoms with E-state index < -0.39 is 11.2 Å². The van der Waals surface area contributed by atoms with Gasteiger partial charge >= 0.3 is 7.48 Å². The van der Waals surface area contributed by atoms with Crippen LogP contribution in [-0.2, 0) is 11.3 Å². The minimum Gasteiger partial charge on any atom is -0.489 e. The summed E-state index contributed by atoms with van der Waals surface area (Å²) in [5.41, 5.74) is 1.94. The van der Waals surface area contributed by atoms with Crippen LogP contribution in [0.3, 0.4) is 0 Å². The molecule has 2 rings (SSSR count). The predicted octanol–water partition coefficient (Wildman–Crippen LogP) is 3.93. The van der Waals surface area contributed by atoms with Crippen LogP contribution in [-0.4, -0.2) is 23.8 Å². The summed E-state index contributed by atoms with van der Waals surface area (Å²) in [5.74, 6) is 1.22. The SMILES string of the molecule is CC(C)c1cc(OCc2ccccc2)ccc1BOC(C)(C)C(C)(C)O. The van der Waals surface area contributed by atoms with E-state index in [0.717, 1.165) is 16.8 Å². The van der Waals surface area contributed by atoms with E-state index in [0.29, 0.717) is 20.0 Å². The normalized spacial score (nSPS) is 12.3. The summed E-state index contributed by atoms with van der Waals surface area (Å²) in [4.78, 5) is 0. The molecule has 0 aliphatic heterocycles. The van der Waals surface area contributed by atoms with E-state index in [9.17, 15) is 5.11 Å². The van der Waals surface area contributed by atoms with Gasteiger partial charge in [0.1, 0.15) is 12.4 Å². The average Bonchev–Trinajstić information content (AvgIpc) is 2.58. The fraction of sp³-hybridized carbons (Fsp3) is 0.455. The second kappa shape index (κ2) is 8.28. The number of ether oxygens (including phenoxy) is 1. The highest BCUT2D eigenvalue weighted by Gasteiger charge is 2.35. The first kappa shape index (κ1) is 20.5. The smallest absolute Gasteiger partial charge is 0.309 e. The van der Waals surface area contributed by atoms with Crippen LogP contribution in [0.4, 0.5) is 0 Å². The quantitative estimate of drug-likeness (QED) is 0.730. The highest BCUT2D eigenvalue weighted by molar-refractivity contribution is 6.47. The van der Waals surface area contributed by atoms with E-state index in [1.54, 1.807) is 13.8 Å². The molecule has 0 bridgehead atoms. The van der Waals surface area contributed by atoms with Crippen molar-refractivity contribution in [1.82, 2.24) is 0 Å². The van der Waals surface area contributed by atoms with Crippen molar-refractivity contribution in [3.63, 3.8) is 0 Å². The zero-order chi connectivity index (χ0) is 19.4. The van der Waals surface area contributed by atoms with Crippen molar-refractivity contribution in [3.8, 4) is 5.75 Å². The van der Waals surface area contributed by atoms with E-state index in [2.05, 4.69) is 38.1 Å². The summed E-state index contributed by atoms with van der Waals surface area (Å²) in [6.07, 6.45) is 0. The van der Waals surface area contributed by atoms with Crippen LogP contribution < -0.4 is 10.2 Å². The summed E-state index contributed by atoms with van der Waals surface area (Å²) >= 11 is 0. The molecule has 0 saturated heterocycles. The van der Waals surface area contributed by atoms with E-state index >= 15 is 0 Å². The van der Waals surface area contributed by atoms with Crippen molar-refractivity contribution in [2.45, 2.75) is 65.3 Å². The Labute approximate surface area is 158 Å². The number of aliphatic hydroxyl groups is 1. The van der Waals surface area contributed by atoms with Gasteiger partial charge in [0.25, 0.3) is 0 Å². The Balaban J connectivity index is 2.11. The summed E-state index contributed by atoms with van der Waals surface area (Å²) < 4.78 is 12.0. The van der Waals surface area contributed by atoms with Crippen molar-refractivity contribution in [2.24, 2.45) is 0 Å². The summed E-state index contributed by atoms with van der Waals surface area (Å²) in [5, 5.41) is 10.3. The van der Waals surface area contributed by atoms with Gasteiger partial charge < -0.3 is 14.5 Å². The minimum absolute atomic E-state index is 0.360. The lowest BCUT2D eigenvalue weighted by Crippen LogP contribution is -2.49. The molecular weight excluding hydrogens is 323 g/mol. The van der Waals surface area contributed by atoms with Crippen LogP contribution in [0.2, 0.25) is 0 Å². The Bertz CT molecular complexity index is 703. The maximum Gasteiger partial charge on any atom is 0.309 e. The van der Waals surface area contributed by atoms with Crippen LogP contribution in [0.25, 0.3) is 0 Å². The zero-order valence-electron chi connectivity index (χ0n) is 16.9. The first-order chi connectivity index (χ1) is 12.1. The summed E-state index contributed by atoms with van der Waals surface area (Å²) in [7, 11) is 0.462. The lowest BCUT2D eigenvalue weighted by atomic mass is 9.78. The molecule has 0 aliphatic carbocycles. The van der Waals surface area contributed by atoms with Crippen molar-refractivity contribution < 1.29 is 14.5 Å². The highest BCUT2D eigenvalue weighted by Crippen LogP contribution is 2.25. The number of hydrogen-bond acceptors (Lipinski definition) is 3. The molecule has 0 atom stereocenters. The molecule has 0 amide bonds. The van der Waals surface area contributed by atoms with E-state index in [-0.39, 0.29) is 0 Å². The molecule has 0 radical (unpaired) electrons. The molecule has 0 saturated carbocycles. The molecule has 0 aromatic heterocycles. The fourth-order valence-electron chi connectivity index (χ4n) is 2.51. The van der Waals surface area contributed by atoms with Crippen molar-refractivity contribution in [3.05, 3.63) is 59.7 Å². The van der Waals surface area contributed by atoms with E-state index in [1.807, 2.05) is 38.1 Å². The highest BCUT2D eigenvalue weighted by atomic mass is 16.5. The van der Waals surface area contributed by atoms with Crippen LogP contribution in [0.1, 0.15) is 58.6 Å². The molecular formula is C22H31BO3. The van der Waals surface area contributed by atoms with Crippen LogP contribution >= 0.6 is 0 Å². The third kappa shape index (κ3) is 5.36. The average molecular weight is 354 g/mol. The van der Waals surface area contributed by atoms with Gasteiger partial charge in [-0.15, -0.1) is 0 Å². The molecule has 140 valence electrons. The predicted molar refractivity (Wildman–Crippen MR) is 110 cm³/mol. The fourth-order valence-corrected chi connectivity index (χ4v) is 2.51. The summed E-state index contributed by atoms with van der Waals surface area (Å²) in [6, 6.07) is 16.3. The Morgan fingerprint density at radius 2 is 1.65 bits per heavy atom. The molecule has 0 heterocycles. The zero-order valence-corrected chi connectivity index (χ0v) is 16.9. The first-order valence-electron chi connectivity index (χ1n) is 9.26. The van der Waals surface area contributed by atoms with Gasteiger partial charge in [0.15, 0.2) is 0 Å². The van der Waals surface area contributed by atoms with Gasteiger partial charge in [0.05, 0.1) is 11.2 Å². The number of hydrogen-bond donors (Lipinski definition) is 1. The Morgan fingerprint density at radius 1 is 1.00 bits per heavy atom. The molecule has 2 aromatic carbocycles. The van der Waals surface area contributed by atoms with Crippen LogP contribution in [0.5, 0.6) is 5.75 Å². The standard InChI is InChI=1S/C22H31BO3/c1-16(2)19-14-18(25-15-17-10-8-7-9-11-17)12-13-20(19)23-26-22(5,6)21(3,4)24/h7-14,16,23-24H,15H2,1-6H3. The second-order valence-electron chi connectivity index (χ2n) is 8.15. The topological polar surface area (TPSA) is 38.7 Å². The maximum atomic E-state index is 10.3. The molecule has 1 N–H and O–H groups in total. The van der Waals surface area contributed by atoms with Gasteiger partial charge in [-0.1, -0.05) is 50.2 Å². The molecule has 0 unspecified atom stereocenters. The Hall–Kier alpha value is -1.78. The van der Waals surface area contributed by atoms with Gasteiger partial charge in [-0.3, -0.25) is 0 Å². The minimum atomic E-state index is -0.913.